The molecule has 0 radical (unpaired) electrons. The highest BCUT2D eigenvalue weighted by Crippen LogP contribution is 2.27. The number of methoxy groups -OCH3 is 1. The molecule has 0 amide bonds. The third-order valence-electron chi connectivity index (χ3n) is 5.18. The van der Waals surface area contributed by atoms with Crippen LogP contribution in [0.1, 0.15) is 58.8 Å². The fourth-order valence-corrected chi connectivity index (χ4v) is 4.11. The van der Waals surface area contributed by atoms with E-state index in [1.807, 2.05) is 24.3 Å². The zero-order valence-electron chi connectivity index (χ0n) is 19.6. The van der Waals surface area contributed by atoms with Crippen LogP contribution in [0.15, 0.2) is 29.8 Å². The summed E-state index contributed by atoms with van der Waals surface area (Å²) in [5, 5.41) is 6.77. The highest BCUT2D eigenvalue weighted by molar-refractivity contribution is 7.17. The van der Waals surface area contributed by atoms with Crippen molar-refractivity contribution in [2.24, 2.45) is 0 Å². The number of fused-ring (bicyclic) bond motifs is 1. The Kier molecular flexibility index (Phi) is 9.68. The largest absolute Gasteiger partial charge is 0.494 e. The van der Waals surface area contributed by atoms with Gasteiger partial charge in [0.2, 0.25) is 5.95 Å². The summed E-state index contributed by atoms with van der Waals surface area (Å²) in [6.45, 7) is 4.99. The summed E-state index contributed by atoms with van der Waals surface area (Å²) in [6, 6.07) is 8.10. The molecule has 0 saturated carbocycles. The number of ether oxygens (including phenoxy) is 2. The Morgan fingerprint density at radius 1 is 1.12 bits per heavy atom. The summed E-state index contributed by atoms with van der Waals surface area (Å²) in [7, 11) is 1.42. The Bertz CT molecular complexity index is 1010. The molecule has 1 atom stereocenters. The first-order valence-corrected chi connectivity index (χ1v) is 12.4. The average Bonchev–Trinajstić information content (AvgIpc) is 3.28. The molecule has 3 aromatic rings. The van der Waals surface area contributed by atoms with E-state index < -0.39 is 0 Å². The lowest BCUT2D eigenvalue weighted by molar-refractivity contribution is -0.140. The minimum absolute atomic E-state index is 0.143. The first-order valence-electron chi connectivity index (χ1n) is 11.5. The van der Waals surface area contributed by atoms with Crippen LogP contribution in [0.2, 0.25) is 0 Å². The molecule has 178 valence electrons. The minimum Gasteiger partial charge on any atom is -0.494 e. The zero-order chi connectivity index (χ0) is 23.5. The van der Waals surface area contributed by atoms with Crippen LogP contribution in [0, 0.1) is 0 Å². The lowest BCUT2D eigenvalue weighted by Crippen LogP contribution is -2.16. The minimum atomic E-state index is -0.143. The van der Waals surface area contributed by atoms with Crippen molar-refractivity contribution in [3.63, 3.8) is 0 Å². The van der Waals surface area contributed by atoms with E-state index in [0.717, 1.165) is 60.5 Å². The molecule has 0 fully saturated rings. The Labute approximate surface area is 199 Å². The molecule has 2 aromatic heterocycles. The fourth-order valence-electron chi connectivity index (χ4n) is 3.44. The second kappa shape index (κ2) is 12.9. The standard InChI is InChI=1S/C24H33N5O3S/c1-4-9-17(2)26-23-21-22(25-16-33-21)28-24(29-23)27-18-11-13-19(14-12-18)32-15-8-6-5-7-10-20(30)31-3/h11-14,16-17H,4-10,15H2,1-3H3,(H2,26,27,28,29). The van der Waals surface area contributed by atoms with Crippen molar-refractivity contribution >= 4 is 45.1 Å². The van der Waals surface area contributed by atoms with E-state index in [1.54, 1.807) is 16.8 Å². The maximum Gasteiger partial charge on any atom is 0.305 e. The van der Waals surface area contributed by atoms with Gasteiger partial charge in [-0.3, -0.25) is 4.79 Å². The predicted molar refractivity (Wildman–Crippen MR) is 134 cm³/mol. The number of rotatable bonds is 14. The maximum absolute atomic E-state index is 11.1. The van der Waals surface area contributed by atoms with Crippen LogP contribution in [0.25, 0.3) is 10.3 Å². The van der Waals surface area contributed by atoms with Crippen LogP contribution in [0.5, 0.6) is 5.75 Å². The second-order valence-electron chi connectivity index (χ2n) is 7.97. The molecular formula is C24H33N5O3S. The molecule has 0 aliphatic carbocycles. The average molecular weight is 472 g/mol. The van der Waals surface area contributed by atoms with Crippen molar-refractivity contribution in [2.75, 3.05) is 24.4 Å². The molecule has 2 heterocycles. The van der Waals surface area contributed by atoms with Gasteiger partial charge in [-0.25, -0.2) is 4.98 Å². The molecule has 0 bridgehead atoms. The number of carbonyl (C=O) groups excluding carboxylic acids is 1. The van der Waals surface area contributed by atoms with Gasteiger partial charge in [0, 0.05) is 18.2 Å². The molecule has 0 aliphatic heterocycles. The molecule has 0 aliphatic rings. The van der Waals surface area contributed by atoms with E-state index in [4.69, 9.17) is 9.72 Å². The number of hydrogen-bond donors (Lipinski definition) is 2. The van der Waals surface area contributed by atoms with Gasteiger partial charge in [0.25, 0.3) is 0 Å². The normalized spacial score (nSPS) is 11.8. The summed E-state index contributed by atoms with van der Waals surface area (Å²) >= 11 is 1.54. The summed E-state index contributed by atoms with van der Waals surface area (Å²) in [5.74, 6) is 2.01. The van der Waals surface area contributed by atoms with Crippen molar-refractivity contribution in [1.29, 1.82) is 0 Å². The molecule has 9 heteroatoms. The third-order valence-corrected chi connectivity index (χ3v) is 6.00. The molecule has 0 spiro atoms. The number of esters is 1. The van der Waals surface area contributed by atoms with E-state index >= 15 is 0 Å². The van der Waals surface area contributed by atoms with Gasteiger partial charge < -0.3 is 20.1 Å². The third kappa shape index (κ3) is 7.85. The van der Waals surface area contributed by atoms with Crippen molar-refractivity contribution in [1.82, 2.24) is 15.0 Å². The Morgan fingerprint density at radius 3 is 2.67 bits per heavy atom. The predicted octanol–water partition coefficient (Wildman–Crippen LogP) is 5.93. The quantitative estimate of drug-likeness (QED) is 0.220. The van der Waals surface area contributed by atoms with Crippen LogP contribution in [0.3, 0.4) is 0 Å². The van der Waals surface area contributed by atoms with Crippen molar-refractivity contribution in [3.05, 3.63) is 29.8 Å². The SMILES string of the molecule is CCCC(C)Nc1nc(Nc2ccc(OCCCCCCC(=O)OC)cc2)nc2ncsc12. The number of nitrogens with one attached hydrogen (secondary N) is 2. The smallest absolute Gasteiger partial charge is 0.305 e. The zero-order valence-corrected chi connectivity index (χ0v) is 20.4. The molecule has 0 saturated heterocycles. The summed E-state index contributed by atoms with van der Waals surface area (Å²) in [6.07, 6.45) is 6.51. The van der Waals surface area contributed by atoms with Crippen molar-refractivity contribution in [3.8, 4) is 5.75 Å². The molecule has 33 heavy (non-hydrogen) atoms. The topological polar surface area (TPSA) is 98.3 Å². The second-order valence-corrected chi connectivity index (χ2v) is 8.83. The molecule has 3 rings (SSSR count). The van der Waals surface area contributed by atoms with E-state index in [9.17, 15) is 4.79 Å². The van der Waals surface area contributed by atoms with E-state index in [0.29, 0.717) is 30.7 Å². The number of carbonyl (C=O) groups is 1. The van der Waals surface area contributed by atoms with Gasteiger partial charge >= 0.3 is 5.97 Å². The molecule has 1 aromatic carbocycles. The maximum atomic E-state index is 11.1. The number of aromatic nitrogens is 3. The highest BCUT2D eigenvalue weighted by Gasteiger charge is 2.12. The van der Waals surface area contributed by atoms with E-state index in [1.165, 1.54) is 7.11 Å². The Hall–Kier alpha value is -2.94. The van der Waals surface area contributed by atoms with Crippen LogP contribution in [-0.2, 0) is 9.53 Å². The number of hydrogen-bond acceptors (Lipinski definition) is 9. The summed E-state index contributed by atoms with van der Waals surface area (Å²) in [5.41, 5.74) is 3.37. The van der Waals surface area contributed by atoms with Gasteiger partial charge in [0.05, 0.1) is 19.2 Å². The number of benzene rings is 1. The summed E-state index contributed by atoms with van der Waals surface area (Å²) in [4.78, 5) is 24.7. The molecule has 2 N–H and O–H groups in total. The van der Waals surface area contributed by atoms with Crippen molar-refractivity contribution < 1.29 is 14.3 Å². The molecule has 8 nitrogen and oxygen atoms in total. The number of unbranched alkanes of at least 4 members (excludes halogenated alkanes) is 3. The van der Waals surface area contributed by atoms with Crippen LogP contribution < -0.4 is 15.4 Å². The number of nitrogens with zero attached hydrogens (tertiary/aromatic N) is 3. The first kappa shape index (κ1) is 24.7. The fraction of sp³-hybridized carbons (Fsp3) is 0.500. The van der Waals surface area contributed by atoms with Crippen molar-refractivity contribution in [2.45, 2.75) is 64.8 Å². The van der Waals surface area contributed by atoms with Crippen LogP contribution in [-0.4, -0.2) is 40.7 Å². The first-order chi connectivity index (χ1) is 16.1. The summed E-state index contributed by atoms with van der Waals surface area (Å²) < 4.78 is 11.4. The monoisotopic (exact) mass is 471 g/mol. The van der Waals surface area contributed by atoms with Gasteiger partial charge in [-0.15, -0.1) is 11.3 Å². The number of thiazole rings is 1. The number of anilines is 3. The molecular weight excluding hydrogens is 438 g/mol. The van der Waals surface area contributed by atoms with Gasteiger partial charge in [-0.1, -0.05) is 26.2 Å². The highest BCUT2D eigenvalue weighted by atomic mass is 32.1. The van der Waals surface area contributed by atoms with Gasteiger partial charge in [0.15, 0.2) is 11.5 Å². The Morgan fingerprint density at radius 2 is 1.91 bits per heavy atom. The Balaban J connectivity index is 1.50. The van der Waals surface area contributed by atoms with E-state index in [-0.39, 0.29) is 5.97 Å². The lowest BCUT2D eigenvalue weighted by Gasteiger charge is -2.15. The molecule has 1 unspecified atom stereocenters. The van der Waals surface area contributed by atoms with Gasteiger partial charge in [0.1, 0.15) is 10.4 Å². The van der Waals surface area contributed by atoms with E-state index in [2.05, 4.69) is 39.2 Å². The lowest BCUT2D eigenvalue weighted by atomic mass is 10.1. The van der Waals surface area contributed by atoms with Gasteiger partial charge in [-0.2, -0.15) is 9.97 Å². The van der Waals surface area contributed by atoms with Crippen LogP contribution >= 0.6 is 11.3 Å². The van der Waals surface area contributed by atoms with Gasteiger partial charge in [-0.05, 0) is 50.5 Å². The van der Waals surface area contributed by atoms with Crippen LogP contribution in [0.4, 0.5) is 17.5 Å².